The van der Waals surface area contributed by atoms with Gasteiger partial charge in [-0.1, -0.05) is 43.9 Å². The fraction of sp³-hybridized carbons (Fsp3) is 0.348. The molecule has 1 aromatic rings. The van der Waals surface area contributed by atoms with E-state index in [1.54, 1.807) is 62.7 Å². The van der Waals surface area contributed by atoms with E-state index in [9.17, 15) is 19.8 Å². The Kier molecular flexibility index (Phi) is 14.2. The van der Waals surface area contributed by atoms with Crippen LogP contribution in [0, 0.1) is 5.92 Å². The molecule has 0 saturated heterocycles. The SMILES string of the molecule is CC(C)C(=O)[O-].COC1=CC=C/C(=C/[N-]CCCN=Cc2cccc(OC)c2[O-])C1=O.[Mn+3]. The van der Waals surface area contributed by atoms with Crippen LogP contribution in [-0.4, -0.2) is 45.3 Å². The fourth-order valence-corrected chi connectivity index (χ4v) is 2.17. The number of methoxy groups -OCH3 is 2. The Labute approximate surface area is 199 Å². The van der Waals surface area contributed by atoms with Crippen molar-refractivity contribution < 1.29 is 46.3 Å². The number of aliphatic carboxylic acids is 1. The molecule has 0 aliphatic heterocycles. The number of hydrogen-bond acceptors (Lipinski definition) is 7. The van der Waals surface area contributed by atoms with E-state index in [1.807, 2.05) is 0 Å². The molecule has 2 rings (SSSR count). The maximum absolute atomic E-state index is 11.9. The van der Waals surface area contributed by atoms with Gasteiger partial charge in [0.1, 0.15) is 5.75 Å². The van der Waals surface area contributed by atoms with Crippen LogP contribution < -0.4 is 14.9 Å². The average Bonchev–Trinajstić information content (AvgIpc) is 2.75. The average molecular weight is 482 g/mol. The smallest absolute Gasteiger partial charge is 0.870 e. The van der Waals surface area contributed by atoms with E-state index >= 15 is 0 Å². The number of ketones is 1. The number of carboxylic acids is 1. The Morgan fingerprint density at radius 3 is 2.53 bits per heavy atom. The van der Waals surface area contributed by atoms with E-state index in [0.717, 1.165) is 0 Å². The quantitative estimate of drug-likeness (QED) is 0.229. The second kappa shape index (κ2) is 15.7. The summed E-state index contributed by atoms with van der Waals surface area (Å²) in [5.74, 6) is -1.07. The van der Waals surface area contributed by atoms with E-state index in [-0.39, 0.29) is 34.5 Å². The van der Waals surface area contributed by atoms with Gasteiger partial charge < -0.3 is 29.8 Å². The molecular weight excluding hydrogens is 455 g/mol. The number of carbonyl (C=O) groups is 2. The maximum atomic E-state index is 11.9. The topological polar surface area (TPSA) is 125 Å². The van der Waals surface area contributed by atoms with Crippen molar-refractivity contribution in [2.45, 2.75) is 20.3 Å². The number of hydrogen-bond donors (Lipinski definition) is 0. The van der Waals surface area contributed by atoms with Crippen LogP contribution in [0.15, 0.2) is 59.0 Å². The van der Waals surface area contributed by atoms with Crippen LogP contribution in [-0.2, 0) is 31.4 Å². The summed E-state index contributed by atoms with van der Waals surface area (Å²) >= 11 is 0. The molecule has 32 heavy (non-hydrogen) atoms. The predicted molar refractivity (Wildman–Crippen MR) is 115 cm³/mol. The van der Waals surface area contributed by atoms with Gasteiger partial charge in [-0.25, -0.2) is 0 Å². The molecule has 0 saturated carbocycles. The van der Waals surface area contributed by atoms with E-state index in [0.29, 0.717) is 42.2 Å². The first kappa shape index (κ1) is 29.0. The molecule has 1 aliphatic carbocycles. The van der Waals surface area contributed by atoms with Gasteiger partial charge in [0, 0.05) is 24.3 Å². The molecule has 0 bridgehead atoms. The van der Waals surface area contributed by atoms with Crippen molar-refractivity contribution in [3.63, 3.8) is 0 Å². The summed E-state index contributed by atoms with van der Waals surface area (Å²) in [4.78, 5) is 25.7. The molecule has 8 nitrogen and oxygen atoms in total. The summed E-state index contributed by atoms with van der Waals surface area (Å²) < 4.78 is 9.97. The van der Waals surface area contributed by atoms with Crippen molar-refractivity contribution in [2.24, 2.45) is 10.9 Å². The number of ether oxygens (including phenoxy) is 2. The third-order valence-corrected chi connectivity index (χ3v) is 3.97. The van der Waals surface area contributed by atoms with Crippen LogP contribution >= 0.6 is 0 Å². The van der Waals surface area contributed by atoms with E-state index in [1.165, 1.54) is 14.2 Å². The number of carboxylic acid groups (broad SMARTS) is 1. The van der Waals surface area contributed by atoms with Crippen molar-refractivity contribution in [1.29, 1.82) is 0 Å². The Hall–Kier alpha value is -3.03. The zero-order valence-electron chi connectivity index (χ0n) is 18.5. The van der Waals surface area contributed by atoms with Crippen molar-refractivity contribution in [1.82, 2.24) is 0 Å². The van der Waals surface area contributed by atoms with Gasteiger partial charge in [-0.3, -0.25) is 9.79 Å². The number of aliphatic imine (C=N–C) groups is 1. The van der Waals surface area contributed by atoms with Crippen LogP contribution in [0.5, 0.6) is 11.5 Å². The summed E-state index contributed by atoms with van der Waals surface area (Å²) in [5.41, 5.74) is 0.991. The molecule has 0 N–H and O–H groups in total. The third-order valence-electron chi connectivity index (χ3n) is 3.97. The number of nitrogens with zero attached hydrogens (tertiary/aromatic N) is 2. The molecule has 0 spiro atoms. The number of Topliss-reactive ketones (excluding diaryl/α,β-unsaturated/α-hetero) is 1. The minimum absolute atomic E-state index is 0. The molecule has 1 aliphatic rings. The molecular formula is C23H27MnN2O6. The van der Waals surface area contributed by atoms with Crippen molar-refractivity contribution in [3.05, 3.63) is 64.8 Å². The monoisotopic (exact) mass is 482 g/mol. The zero-order chi connectivity index (χ0) is 23.2. The van der Waals surface area contributed by atoms with Gasteiger partial charge in [0.2, 0.25) is 5.78 Å². The molecule has 1 aromatic carbocycles. The predicted octanol–water partition coefficient (Wildman–Crippen LogP) is 1.89. The summed E-state index contributed by atoms with van der Waals surface area (Å²) in [6, 6.07) is 5.07. The first-order chi connectivity index (χ1) is 14.8. The van der Waals surface area contributed by atoms with E-state index < -0.39 is 5.97 Å². The molecule has 9 heteroatoms. The molecule has 0 fully saturated rings. The molecule has 0 aromatic heterocycles. The number of carbonyl (C=O) groups excluding carboxylic acids is 2. The maximum Gasteiger partial charge on any atom is 3.00 e. The van der Waals surface area contributed by atoms with Crippen molar-refractivity contribution in [2.75, 3.05) is 27.3 Å². The first-order valence-electron chi connectivity index (χ1n) is 9.70. The van der Waals surface area contributed by atoms with Crippen LogP contribution in [0.2, 0.25) is 0 Å². The van der Waals surface area contributed by atoms with Gasteiger partial charge >= 0.3 is 17.1 Å². The van der Waals surface area contributed by atoms with E-state index in [4.69, 9.17) is 9.47 Å². The zero-order valence-corrected chi connectivity index (χ0v) is 19.7. The Balaban J connectivity index is 0.00000121. The Morgan fingerprint density at radius 1 is 1.25 bits per heavy atom. The van der Waals surface area contributed by atoms with Crippen molar-refractivity contribution in [3.8, 4) is 11.5 Å². The molecule has 0 heterocycles. The van der Waals surface area contributed by atoms with Gasteiger partial charge in [-0.05, 0) is 30.0 Å². The second-order valence-corrected chi connectivity index (χ2v) is 6.66. The first-order valence-corrected chi connectivity index (χ1v) is 9.70. The Bertz CT molecular complexity index is 875. The minimum Gasteiger partial charge on any atom is -0.870 e. The molecule has 0 unspecified atom stereocenters. The van der Waals surface area contributed by atoms with Crippen LogP contribution in [0.1, 0.15) is 25.8 Å². The second-order valence-electron chi connectivity index (χ2n) is 6.66. The van der Waals surface area contributed by atoms with Gasteiger partial charge in [0.05, 0.1) is 14.2 Å². The third kappa shape index (κ3) is 9.85. The fourth-order valence-electron chi connectivity index (χ4n) is 2.17. The number of benzene rings is 1. The van der Waals surface area contributed by atoms with Crippen LogP contribution in [0.25, 0.3) is 5.32 Å². The van der Waals surface area contributed by atoms with Crippen LogP contribution in [0.3, 0.4) is 0 Å². The minimum atomic E-state index is -0.991. The Morgan fingerprint density at radius 2 is 1.94 bits per heavy atom. The standard InChI is InChI=1S/C19H22N2O4.C4H8O2.Mn/c1-24-16-8-3-6-14(18(16)22)12-20-10-5-11-21-13-15-7-4-9-17(25-2)19(15)23;1-3(2)4(5)6;/h3-4,6-9,12-13H,5,10-11H2,1-2H3,(H2,20,21,22,23);3H,1-2H3,(H,5,6);/q;;+3/p-3. The van der Waals surface area contributed by atoms with Crippen LogP contribution in [0.4, 0.5) is 0 Å². The summed E-state index contributed by atoms with van der Waals surface area (Å²) in [6.45, 7) is 4.23. The van der Waals surface area contributed by atoms with Gasteiger partial charge in [0.15, 0.2) is 5.76 Å². The normalized spacial score (nSPS) is 13.8. The molecule has 0 atom stereocenters. The van der Waals surface area contributed by atoms with E-state index in [2.05, 4.69) is 10.3 Å². The van der Waals surface area contributed by atoms with Gasteiger partial charge in [-0.15, -0.1) is 6.54 Å². The number of rotatable bonds is 9. The largest absolute Gasteiger partial charge is 3.00 e. The summed E-state index contributed by atoms with van der Waals surface area (Å²) in [6.07, 6.45) is 8.88. The molecule has 0 radical (unpaired) electrons. The van der Waals surface area contributed by atoms with Gasteiger partial charge in [0.25, 0.3) is 0 Å². The summed E-state index contributed by atoms with van der Waals surface area (Å²) in [5, 5.41) is 25.7. The molecule has 0 amide bonds. The summed E-state index contributed by atoms with van der Waals surface area (Å²) in [7, 11) is 2.93. The number of para-hydroxylation sites is 1. The molecule has 172 valence electrons. The number of allylic oxidation sites excluding steroid dienone is 4. The van der Waals surface area contributed by atoms with Gasteiger partial charge in [-0.2, -0.15) is 6.20 Å². The van der Waals surface area contributed by atoms with Crippen molar-refractivity contribution >= 4 is 18.0 Å².